The average molecular weight is 448 g/mol. The van der Waals surface area contributed by atoms with Crippen LogP contribution in [0.3, 0.4) is 0 Å². The van der Waals surface area contributed by atoms with Crippen LogP contribution in [-0.2, 0) is 14.8 Å². The summed E-state index contributed by atoms with van der Waals surface area (Å²) in [6.07, 6.45) is 3.53. The molecule has 31 heavy (non-hydrogen) atoms. The second-order valence-corrected chi connectivity index (χ2v) is 10.6. The van der Waals surface area contributed by atoms with Gasteiger partial charge in [-0.3, -0.25) is 4.79 Å². The van der Waals surface area contributed by atoms with Gasteiger partial charge in [-0.15, -0.1) is 0 Å². The number of amides is 1. The first-order valence-corrected chi connectivity index (χ1v) is 12.6. The van der Waals surface area contributed by atoms with Gasteiger partial charge in [0.25, 0.3) is 0 Å². The van der Waals surface area contributed by atoms with Gasteiger partial charge in [0.15, 0.2) is 0 Å². The normalized spacial score (nSPS) is 24.3. The molecule has 3 atom stereocenters. The maximum Gasteiger partial charge on any atom is 0.247 e. The summed E-state index contributed by atoms with van der Waals surface area (Å²) in [6, 6.07) is 4.69. The van der Waals surface area contributed by atoms with Gasteiger partial charge >= 0.3 is 0 Å². The molecule has 1 aliphatic carbocycles. The number of aromatic nitrogens is 1. The Hall–Kier alpha value is -2.18. The van der Waals surface area contributed by atoms with Crippen LogP contribution in [0.1, 0.15) is 58.6 Å². The molecule has 0 spiro atoms. The number of nitrogens with zero attached hydrogens (tertiary/aromatic N) is 4. The lowest BCUT2D eigenvalue weighted by Gasteiger charge is -2.31. The minimum absolute atomic E-state index is 0.0798. The fourth-order valence-electron chi connectivity index (χ4n) is 4.68. The molecule has 1 saturated carbocycles. The lowest BCUT2D eigenvalue weighted by atomic mass is 10.1. The van der Waals surface area contributed by atoms with Gasteiger partial charge in [-0.2, -0.15) is 9.57 Å². The van der Waals surface area contributed by atoms with Gasteiger partial charge < -0.3 is 10.2 Å². The van der Waals surface area contributed by atoms with E-state index in [1.807, 2.05) is 32.6 Å². The summed E-state index contributed by atoms with van der Waals surface area (Å²) in [6.45, 7) is 8.74. The Morgan fingerprint density at radius 3 is 2.71 bits per heavy atom. The van der Waals surface area contributed by atoms with Gasteiger partial charge in [0.05, 0.1) is 12.0 Å². The van der Waals surface area contributed by atoms with E-state index in [0.717, 1.165) is 25.0 Å². The highest BCUT2D eigenvalue weighted by molar-refractivity contribution is 7.89. The molecule has 8 nitrogen and oxygen atoms in total. The maximum absolute atomic E-state index is 13.7. The summed E-state index contributed by atoms with van der Waals surface area (Å²) in [5.74, 6) is -0.0672. The fraction of sp³-hybridized carbons (Fsp3) is 0.682. The highest BCUT2D eigenvalue weighted by Gasteiger charge is 2.42. The molecule has 2 unspecified atom stereocenters. The summed E-state index contributed by atoms with van der Waals surface area (Å²) >= 11 is 0. The van der Waals surface area contributed by atoms with Crippen LogP contribution in [0.4, 0.5) is 5.82 Å². The van der Waals surface area contributed by atoms with Gasteiger partial charge in [0.1, 0.15) is 16.8 Å². The number of hydrogen-bond donors (Lipinski definition) is 1. The Balaban J connectivity index is 1.91. The lowest BCUT2D eigenvalue weighted by molar-refractivity contribution is -0.125. The van der Waals surface area contributed by atoms with E-state index in [0.29, 0.717) is 31.7 Å². The minimum Gasteiger partial charge on any atom is -0.353 e. The number of nitriles is 1. The van der Waals surface area contributed by atoms with E-state index in [2.05, 4.69) is 16.4 Å². The Kier molecular flexibility index (Phi) is 7.22. The summed E-state index contributed by atoms with van der Waals surface area (Å²) in [4.78, 5) is 19.7. The number of anilines is 1. The minimum atomic E-state index is -3.92. The zero-order chi connectivity index (χ0) is 22.8. The van der Waals surface area contributed by atoms with E-state index in [1.54, 1.807) is 12.1 Å². The van der Waals surface area contributed by atoms with Crippen LogP contribution >= 0.6 is 0 Å². The van der Waals surface area contributed by atoms with Crippen LogP contribution in [0.25, 0.3) is 0 Å². The quantitative estimate of drug-likeness (QED) is 0.689. The van der Waals surface area contributed by atoms with Crippen molar-refractivity contribution in [3.63, 3.8) is 0 Å². The third-order valence-corrected chi connectivity index (χ3v) is 8.25. The van der Waals surface area contributed by atoms with E-state index >= 15 is 0 Å². The second-order valence-electron chi connectivity index (χ2n) is 8.71. The number of pyridine rings is 1. The van der Waals surface area contributed by atoms with Gasteiger partial charge in [-0.25, -0.2) is 13.4 Å². The highest BCUT2D eigenvalue weighted by Crippen LogP contribution is 2.33. The Morgan fingerprint density at radius 1 is 1.32 bits per heavy atom. The van der Waals surface area contributed by atoms with Gasteiger partial charge in [-0.05, 0) is 71.9 Å². The Morgan fingerprint density at radius 2 is 2.06 bits per heavy atom. The monoisotopic (exact) mass is 447 g/mol. The summed E-state index contributed by atoms with van der Waals surface area (Å²) in [7, 11) is -3.92. The smallest absolute Gasteiger partial charge is 0.247 e. The van der Waals surface area contributed by atoms with Crippen LogP contribution in [0, 0.1) is 24.2 Å². The fourth-order valence-corrected chi connectivity index (χ4v) is 6.47. The van der Waals surface area contributed by atoms with Crippen molar-refractivity contribution in [2.75, 3.05) is 18.0 Å². The van der Waals surface area contributed by atoms with E-state index < -0.39 is 16.1 Å². The molecular weight excluding hydrogens is 414 g/mol. The van der Waals surface area contributed by atoms with Crippen LogP contribution in [0.15, 0.2) is 17.0 Å². The SMILES string of the molecule is CCN(c1nc(C)ccc1S(=O)(=O)N1CCC[C@H]1C(=O)NC1CCCC1C#N)C(C)C. The zero-order valence-electron chi connectivity index (χ0n) is 18.8. The second kappa shape index (κ2) is 9.53. The van der Waals surface area contributed by atoms with E-state index in [9.17, 15) is 18.5 Å². The first-order valence-electron chi connectivity index (χ1n) is 11.2. The van der Waals surface area contributed by atoms with Gasteiger partial charge in [-0.1, -0.05) is 0 Å². The number of rotatable bonds is 7. The lowest BCUT2D eigenvalue weighted by Crippen LogP contribution is -2.49. The van der Waals surface area contributed by atoms with E-state index in [1.165, 1.54) is 4.31 Å². The third-order valence-electron chi connectivity index (χ3n) is 6.32. The number of carbonyl (C=O) groups excluding carboxylic acids is 1. The first-order chi connectivity index (χ1) is 14.7. The molecule has 170 valence electrons. The average Bonchev–Trinajstić information content (AvgIpc) is 3.37. The number of carbonyl (C=O) groups is 1. The number of aryl methyl sites for hydroxylation is 1. The third kappa shape index (κ3) is 4.70. The van der Waals surface area contributed by atoms with E-state index in [4.69, 9.17) is 0 Å². The van der Waals surface area contributed by atoms with Crippen molar-refractivity contribution in [2.45, 2.75) is 82.8 Å². The van der Waals surface area contributed by atoms with Gasteiger partial charge in [0, 0.05) is 30.9 Å². The summed E-state index contributed by atoms with van der Waals surface area (Å²) in [5.41, 5.74) is 0.743. The summed E-state index contributed by atoms with van der Waals surface area (Å²) in [5, 5.41) is 12.3. The van der Waals surface area contributed by atoms with Gasteiger partial charge in [0.2, 0.25) is 15.9 Å². The van der Waals surface area contributed by atoms with Crippen molar-refractivity contribution >= 4 is 21.7 Å². The molecule has 2 aliphatic rings. The van der Waals surface area contributed by atoms with E-state index in [-0.39, 0.29) is 28.8 Å². The van der Waals surface area contributed by atoms with Crippen molar-refractivity contribution in [3.05, 3.63) is 17.8 Å². The molecule has 1 aromatic heterocycles. The molecule has 1 aromatic rings. The molecule has 1 N–H and O–H groups in total. The highest BCUT2D eigenvalue weighted by atomic mass is 32.2. The number of hydrogen-bond acceptors (Lipinski definition) is 6. The van der Waals surface area contributed by atoms with Crippen LogP contribution in [-0.4, -0.2) is 54.8 Å². The predicted octanol–water partition coefficient (Wildman–Crippen LogP) is 2.59. The van der Waals surface area contributed by atoms with Crippen molar-refractivity contribution in [3.8, 4) is 6.07 Å². The van der Waals surface area contributed by atoms with Crippen molar-refractivity contribution in [1.29, 1.82) is 5.26 Å². The Labute approximate surface area is 185 Å². The number of nitrogens with one attached hydrogen (secondary N) is 1. The standard InChI is InChI=1S/C22H33N5O3S/c1-5-26(15(2)3)21-20(12-11-16(4)24-21)31(29,30)27-13-7-10-19(27)22(28)25-18-9-6-8-17(18)14-23/h11-12,15,17-19H,5-10,13H2,1-4H3,(H,25,28)/t17?,18?,19-/m0/s1. The zero-order valence-corrected chi connectivity index (χ0v) is 19.7. The van der Waals surface area contributed by atoms with Crippen molar-refractivity contribution in [2.24, 2.45) is 5.92 Å². The Bertz CT molecular complexity index is 956. The molecule has 1 saturated heterocycles. The molecule has 3 rings (SSSR count). The topological polar surface area (TPSA) is 106 Å². The number of sulfonamides is 1. The largest absolute Gasteiger partial charge is 0.353 e. The molecule has 0 bridgehead atoms. The molecule has 9 heteroatoms. The first kappa shape index (κ1) is 23.5. The van der Waals surface area contributed by atoms with Crippen molar-refractivity contribution < 1.29 is 13.2 Å². The molecule has 2 heterocycles. The van der Waals surface area contributed by atoms with Crippen LogP contribution in [0.5, 0.6) is 0 Å². The summed E-state index contributed by atoms with van der Waals surface area (Å²) < 4.78 is 28.7. The molecule has 0 aromatic carbocycles. The molecule has 1 aliphatic heterocycles. The molecule has 0 radical (unpaired) electrons. The maximum atomic E-state index is 13.7. The molecule has 1 amide bonds. The van der Waals surface area contributed by atoms with Crippen molar-refractivity contribution in [1.82, 2.24) is 14.6 Å². The molecule has 2 fully saturated rings. The predicted molar refractivity (Wildman–Crippen MR) is 119 cm³/mol. The molecular formula is C22H33N5O3S. The van der Waals surface area contributed by atoms with Crippen LogP contribution in [0.2, 0.25) is 0 Å². The van der Waals surface area contributed by atoms with Crippen LogP contribution < -0.4 is 10.2 Å².